The number of hydrogen-bond donors (Lipinski definition) is 3. The summed E-state index contributed by atoms with van der Waals surface area (Å²) < 4.78 is 29.6. The summed E-state index contributed by atoms with van der Waals surface area (Å²) in [6.45, 7) is 0. The van der Waals surface area contributed by atoms with Gasteiger partial charge in [0.2, 0.25) is 11.0 Å². The van der Waals surface area contributed by atoms with Crippen molar-refractivity contribution in [1.29, 1.82) is 0 Å². The number of benzene rings is 1. The minimum atomic E-state index is -3.92. The van der Waals surface area contributed by atoms with Crippen LogP contribution in [0, 0.1) is 0 Å². The average Bonchev–Trinajstić information content (AvgIpc) is 2.80. The molecule has 5 N–H and O–H groups in total. The summed E-state index contributed by atoms with van der Waals surface area (Å²) in [4.78, 5) is 10.8. The summed E-state index contributed by atoms with van der Waals surface area (Å²) in [5.41, 5.74) is 10.7. The standard InChI is InChI=1S/C8H8N6O3S2/c9-5-3-4(7(10)15)1-2-6(5)19(16,17)12-8-11-13-14-18-8/h1-3H,9H2,(H2,10,15)(H,11,12,14). The van der Waals surface area contributed by atoms with Crippen molar-refractivity contribution in [2.24, 2.45) is 5.73 Å². The minimum absolute atomic E-state index is 0.0124. The number of carbonyl (C=O) groups excluding carboxylic acids is 1. The number of primary amides is 1. The van der Waals surface area contributed by atoms with Crippen LogP contribution in [0.5, 0.6) is 0 Å². The Morgan fingerprint density at radius 1 is 1.37 bits per heavy atom. The molecule has 0 aliphatic carbocycles. The van der Waals surface area contributed by atoms with Gasteiger partial charge in [-0.25, -0.2) is 8.42 Å². The van der Waals surface area contributed by atoms with Crippen LogP contribution < -0.4 is 16.2 Å². The van der Waals surface area contributed by atoms with Crippen LogP contribution in [-0.4, -0.2) is 29.1 Å². The Bertz CT molecular complexity index is 712. The molecule has 0 bridgehead atoms. The first-order valence-corrected chi connectivity index (χ1v) is 7.03. The fourth-order valence-corrected chi connectivity index (χ4v) is 2.99. The van der Waals surface area contributed by atoms with Gasteiger partial charge in [-0.2, -0.15) is 0 Å². The Hall–Kier alpha value is -2.27. The zero-order chi connectivity index (χ0) is 14.0. The van der Waals surface area contributed by atoms with Crippen LogP contribution in [0.2, 0.25) is 0 Å². The number of carbonyl (C=O) groups is 1. The zero-order valence-corrected chi connectivity index (χ0v) is 10.9. The number of hydrogen-bond acceptors (Lipinski definition) is 8. The number of anilines is 2. The quantitative estimate of drug-likeness (QED) is 0.638. The second-order valence-electron chi connectivity index (χ2n) is 3.39. The molecule has 0 aliphatic heterocycles. The van der Waals surface area contributed by atoms with Gasteiger partial charge in [0.1, 0.15) is 4.90 Å². The molecule has 0 atom stereocenters. The molecule has 2 aromatic rings. The summed E-state index contributed by atoms with van der Waals surface area (Å²) in [6, 6.07) is 3.65. The fourth-order valence-electron chi connectivity index (χ4n) is 1.29. The number of rotatable bonds is 4. The lowest BCUT2D eigenvalue weighted by Crippen LogP contribution is -2.16. The minimum Gasteiger partial charge on any atom is -0.398 e. The maximum atomic E-state index is 12.0. The van der Waals surface area contributed by atoms with Gasteiger partial charge in [0, 0.05) is 17.1 Å². The number of nitrogen functional groups attached to an aromatic ring is 1. The number of aromatic nitrogens is 3. The first-order chi connectivity index (χ1) is 8.90. The van der Waals surface area contributed by atoms with E-state index in [4.69, 9.17) is 11.5 Å². The number of amides is 1. The van der Waals surface area contributed by atoms with Crippen molar-refractivity contribution >= 4 is 38.3 Å². The normalized spacial score (nSPS) is 11.2. The van der Waals surface area contributed by atoms with Gasteiger partial charge in [0.25, 0.3) is 10.0 Å². The van der Waals surface area contributed by atoms with E-state index in [1.54, 1.807) is 0 Å². The third-order valence-electron chi connectivity index (χ3n) is 2.10. The van der Waals surface area contributed by atoms with Gasteiger partial charge in [-0.3, -0.25) is 9.52 Å². The van der Waals surface area contributed by atoms with Crippen LogP contribution in [0.15, 0.2) is 23.1 Å². The first-order valence-electron chi connectivity index (χ1n) is 4.77. The average molecular weight is 300 g/mol. The molecule has 0 radical (unpaired) electrons. The highest BCUT2D eigenvalue weighted by atomic mass is 32.2. The summed E-state index contributed by atoms with van der Waals surface area (Å²) >= 11 is 0.781. The summed E-state index contributed by atoms with van der Waals surface area (Å²) in [6.07, 6.45) is 0. The predicted octanol–water partition coefficient (Wildman–Crippen LogP) is -0.585. The Labute approximate surface area is 111 Å². The molecule has 0 spiro atoms. The van der Waals surface area contributed by atoms with Crippen LogP contribution in [0.3, 0.4) is 0 Å². The molecule has 0 fully saturated rings. The Balaban J connectivity index is 2.38. The molecule has 0 aliphatic rings. The first kappa shape index (κ1) is 13.2. The van der Waals surface area contributed by atoms with Crippen LogP contribution >= 0.6 is 11.5 Å². The van der Waals surface area contributed by atoms with Crippen molar-refractivity contribution in [3.05, 3.63) is 23.8 Å². The second kappa shape index (κ2) is 4.78. The van der Waals surface area contributed by atoms with Gasteiger partial charge < -0.3 is 11.5 Å². The lowest BCUT2D eigenvalue weighted by atomic mass is 10.2. The van der Waals surface area contributed by atoms with Crippen LogP contribution in [0.1, 0.15) is 10.4 Å². The largest absolute Gasteiger partial charge is 0.398 e. The van der Waals surface area contributed by atoms with E-state index in [0.29, 0.717) is 0 Å². The molecule has 19 heavy (non-hydrogen) atoms. The maximum absolute atomic E-state index is 12.0. The van der Waals surface area contributed by atoms with Crippen LogP contribution in [0.25, 0.3) is 0 Å². The molecule has 1 heterocycles. The SMILES string of the molecule is NC(=O)c1ccc(S(=O)(=O)Nc2nnns2)c(N)c1. The third kappa shape index (κ3) is 2.77. The summed E-state index contributed by atoms with van der Waals surface area (Å²) in [7, 11) is -3.92. The number of sulfonamides is 1. The lowest BCUT2D eigenvalue weighted by Gasteiger charge is -2.08. The van der Waals surface area contributed by atoms with E-state index in [0.717, 1.165) is 11.5 Å². The Morgan fingerprint density at radius 3 is 2.63 bits per heavy atom. The van der Waals surface area contributed by atoms with Gasteiger partial charge in [0.15, 0.2) is 0 Å². The van der Waals surface area contributed by atoms with Gasteiger partial charge in [-0.15, -0.1) is 0 Å². The highest BCUT2D eigenvalue weighted by molar-refractivity contribution is 7.93. The molecule has 2 rings (SSSR count). The van der Waals surface area contributed by atoms with Crippen LogP contribution in [0.4, 0.5) is 10.8 Å². The van der Waals surface area contributed by atoms with E-state index in [1.165, 1.54) is 18.2 Å². The monoisotopic (exact) mass is 300 g/mol. The highest BCUT2D eigenvalue weighted by Crippen LogP contribution is 2.22. The molecule has 1 aromatic carbocycles. The van der Waals surface area contributed by atoms with Crippen molar-refractivity contribution in [2.75, 3.05) is 10.5 Å². The molecule has 100 valence electrons. The molecular weight excluding hydrogens is 292 g/mol. The van der Waals surface area contributed by atoms with E-state index >= 15 is 0 Å². The second-order valence-corrected chi connectivity index (χ2v) is 5.77. The van der Waals surface area contributed by atoms with E-state index in [2.05, 4.69) is 19.5 Å². The van der Waals surface area contributed by atoms with Crippen molar-refractivity contribution in [1.82, 2.24) is 14.8 Å². The fraction of sp³-hybridized carbons (Fsp3) is 0. The molecular formula is C8H8N6O3S2. The van der Waals surface area contributed by atoms with Gasteiger partial charge in [-0.1, -0.05) is 9.59 Å². The van der Waals surface area contributed by atoms with Gasteiger partial charge in [0.05, 0.1) is 5.69 Å². The summed E-state index contributed by atoms with van der Waals surface area (Å²) in [5.74, 6) is -0.697. The zero-order valence-electron chi connectivity index (χ0n) is 9.27. The van der Waals surface area contributed by atoms with Crippen LogP contribution in [-0.2, 0) is 10.0 Å². The molecule has 0 unspecified atom stereocenters. The Morgan fingerprint density at radius 2 is 2.11 bits per heavy atom. The number of nitrogens with two attached hydrogens (primary N) is 2. The molecule has 0 saturated carbocycles. The van der Waals surface area contributed by atoms with Crippen molar-refractivity contribution in [2.45, 2.75) is 4.90 Å². The van der Waals surface area contributed by atoms with Crippen molar-refractivity contribution in [3.63, 3.8) is 0 Å². The molecule has 1 aromatic heterocycles. The van der Waals surface area contributed by atoms with E-state index in [9.17, 15) is 13.2 Å². The highest BCUT2D eigenvalue weighted by Gasteiger charge is 2.20. The number of nitrogens with zero attached hydrogens (tertiary/aromatic N) is 3. The molecule has 11 heteroatoms. The maximum Gasteiger partial charge on any atom is 0.265 e. The topological polar surface area (TPSA) is 154 Å². The summed E-state index contributed by atoms with van der Waals surface area (Å²) in [5, 5.41) is 6.73. The van der Waals surface area contributed by atoms with E-state index in [-0.39, 0.29) is 21.3 Å². The van der Waals surface area contributed by atoms with Crippen molar-refractivity contribution < 1.29 is 13.2 Å². The predicted molar refractivity (Wildman–Crippen MR) is 67.9 cm³/mol. The molecule has 1 amide bonds. The Kier molecular flexibility index (Phi) is 3.31. The van der Waals surface area contributed by atoms with Gasteiger partial charge >= 0.3 is 0 Å². The smallest absolute Gasteiger partial charge is 0.265 e. The number of nitrogens with one attached hydrogen (secondary N) is 1. The molecule has 9 nitrogen and oxygen atoms in total. The van der Waals surface area contributed by atoms with Gasteiger partial charge in [-0.05, 0) is 23.4 Å². The van der Waals surface area contributed by atoms with E-state index < -0.39 is 15.9 Å². The van der Waals surface area contributed by atoms with E-state index in [1.807, 2.05) is 0 Å². The molecule has 0 saturated heterocycles. The third-order valence-corrected chi connectivity index (χ3v) is 4.16. The van der Waals surface area contributed by atoms with Crippen molar-refractivity contribution in [3.8, 4) is 0 Å². The lowest BCUT2D eigenvalue weighted by molar-refractivity contribution is 0.1000.